The maximum atomic E-state index is 13.3. The second kappa shape index (κ2) is 9.92. The van der Waals surface area contributed by atoms with E-state index in [0.29, 0.717) is 12.3 Å². The smallest absolute Gasteiger partial charge is 0.230 e. The van der Waals surface area contributed by atoms with Crippen LogP contribution >= 0.6 is 11.6 Å². The van der Waals surface area contributed by atoms with Gasteiger partial charge in [-0.25, -0.2) is 8.42 Å². The molecular formula is C23H27ClN2O5S. The van der Waals surface area contributed by atoms with Gasteiger partial charge < -0.3 is 15.0 Å². The number of carbonyl (C=O) groups excluding carboxylic acids is 2. The Balaban J connectivity index is 1.93. The van der Waals surface area contributed by atoms with Gasteiger partial charge in [0.1, 0.15) is 5.75 Å². The minimum atomic E-state index is -3.47. The third-order valence-electron chi connectivity index (χ3n) is 5.60. The lowest BCUT2D eigenvalue weighted by Gasteiger charge is -2.28. The van der Waals surface area contributed by atoms with E-state index in [1.807, 2.05) is 19.1 Å². The minimum absolute atomic E-state index is 0.0518. The van der Waals surface area contributed by atoms with E-state index in [1.54, 1.807) is 24.1 Å². The number of benzene rings is 2. The monoisotopic (exact) mass is 478 g/mol. The van der Waals surface area contributed by atoms with Crippen LogP contribution in [0.4, 0.5) is 5.69 Å². The highest BCUT2D eigenvalue weighted by Crippen LogP contribution is 2.40. The highest BCUT2D eigenvalue weighted by molar-refractivity contribution is 7.90. The van der Waals surface area contributed by atoms with Crippen molar-refractivity contribution >= 4 is 38.9 Å². The van der Waals surface area contributed by atoms with Gasteiger partial charge in [0.05, 0.1) is 34.7 Å². The van der Waals surface area contributed by atoms with Crippen LogP contribution in [0.2, 0.25) is 5.02 Å². The minimum Gasteiger partial charge on any atom is -0.497 e. The Bertz CT molecular complexity index is 1100. The van der Waals surface area contributed by atoms with Gasteiger partial charge >= 0.3 is 0 Å². The molecule has 1 aliphatic rings. The first-order valence-corrected chi connectivity index (χ1v) is 12.7. The summed E-state index contributed by atoms with van der Waals surface area (Å²) in [6, 6.07) is 11.0. The molecule has 3 rings (SSSR count). The van der Waals surface area contributed by atoms with E-state index in [4.69, 9.17) is 16.3 Å². The summed E-state index contributed by atoms with van der Waals surface area (Å²) < 4.78 is 29.0. The summed E-state index contributed by atoms with van der Waals surface area (Å²) in [5.41, 5.74) is 1.04. The predicted molar refractivity (Wildman–Crippen MR) is 124 cm³/mol. The SMILES string of the molecule is CCCCN1C(=O)C[C@@H](C(=O)Nc2cc(S(C)(=O)=O)ccc2Cl)[C@@H]1c1ccc(OC)cc1. The quantitative estimate of drug-likeness (QED) is 0.617. The van der Waals surface area contributed by atoms with Crippen molar-refractivity contribution in [3.8, 4) is 5.75 Å². The van der Waals surface area contributed by atoms with Crippen molar-refractivity contribution in [3.05, 3.63) is 53.1 Å². The lowest BCUT2D eigenvalue weighted by Crippen LogP contribution is -2.33. The number of amides is 2. The van der Waals surface area contributed by atoms with E-state index in [2.05, 4.69) is 5.32 Å². The number of ether oxygens (including phenoxy) is 1. The lowest BCUT2D eigenvalue weighted by atomic mass is 9.92. The number of hydrogen-bond acceptors (Lipinski definition) is 5. The fraction of sp³-hybridized carbons (Fsp3) is 0.391. The molecule has 1 N–H and O–H groups in total. The summed E-state index contributed by atoms with van der Waals surface area (Å²) in [5, 5.41) is 2.97. The first-order valence-electron chi connectivity index (χ1n) is 10.4. The topological polar surface area (TPSA) is 92.8 Å². The predicted octanol–water partition coefficient (Wildman–Crippen LogP) is 4.08. The molecule has 172 valence electrons. The Morgan fingerprint density at radius 1 is 1.22 bits per heavy atom. The third kappa shape index (κ3) is 5.24. The number of sulfone groups is 1. The standard InChI is InChI=1S/C23H27ClN2O5S/c1-4-5-12-26-21(27)14-18(22(26)15-6-8-16(31-2)9-7-15)23(28)25-20-13-17(32(3,29)30)10-11-19(20)24/h6-11,13,18,22H,4-5,12,14H2,1-3H3,(H,25,28)/t18-,22+/m1/s1. The average molecular weight is 479 g/mol. The van der Waals surface area contributed by atoms with Crippen LogP contribution in [-0.4, -0.2) is 45.0 Å². The molecule has 0 saturated carbocycles. The highest BCUT2D eigenvalue weighted by atomic mass is 35.5. The fourth-order valence-electron chi connectivity index (χ4n) is 3.89. The van der Waals surface area contributed by atoms with Crippen molar-refractivity contribution in [1.82, 2.24) is 4.90 Å². The maximum Gasteiger partial charge on any atom is 0.230 e. The van der Waals surface area contributed by atoms with Crippen molar-refractivity contribution in [2.75, 3.05) is 25.2 Å². The number of unbranched alkanes of at least 4 members (excludes halogenated alkanes) is 1. The molecule has 1 heterocycles. The summed E-state index contributed by atoms with van der Waals surface area (Å²) >= 11 is 6.21. The van der Waals surface area contributed by atoms with Crippen LogP contribution in [0.5, 0.6) is 5.75 Å². The Morgan fingerprint density at radius 3 is 2.50 bits per heavy atom. The van der Waals surface area contributed by atoms with Gasteiger partial charge in [0.25, 0.3) is 0 Å². The van der Waals surface area contributed by atoms with Crippen molar-refractivity contribution in [2.45, 2.75) is 37.1 Å². The van der Waals surface area contributed by atoms with Crippen molar-refractivity contribution in [1.29, 1.82) is 0 Å². The zero-order valence-corrected chi connectivity index (χ0v) is 19.9. The molecule has 32 heavy (non-hydrogen) atoms. The summed E-state index contributed by atoms with van der Waals surface area (Å²) in [6.07, 6.45) is 2.90. The number of likely N-dealkylation sites (tertiary alicyclic amines) is 1. The van der Waals surface area contributed by atoms with Crippen LogP contribution in [-0.2, 0) is 19.4 Å². The molecule has 1 saturated heterocycles. The number of methoxy groups -OCH3 is 1. The van der Waals surface area contributed by atoms with Gasteiger partial charge in [-0.15, -0.1) is 0 Å². The average Bonchev–Trinajstić information content (AvgIpc) is 3.09. The Kier molecular flexibility index (Phi) is 7.46. The molecule has 7 nitrogen and oxygen atoms in total. The van der Waals surface area contributed by atoms with Gasteiger partial charge in [0, 0.05) is 19.2 Å². The van der Waals surface area contributed by atoms with Crippen LogP contribution in [0, 0.1) is 5.92 Å². The van der Waals surface area contributed by atoms with Crippen molar-refractivity contribution in [2.24, 2.45) is 5.92 Å². The fourth-order valence-corrected chi connectivity index (χ4v) is 4.70. The Hall–Kier alpha value is -2.58. The Morgan fingerprint density at radius 2 is 1.91 bits per heavy atom. The number of carbonyl (C=O) groups is 2. The molecule has 0 unspecified atom stereocenters. The highest BCUT2D eigenvalue weighted by Gasteiger charge is 2.44. The summed E-state index contributed by atoms with van der Waals surface area (Å²) in [5.74, 6) is -0.435. The van der Waals surface area contributed by atoms with Crippen LogP contribution in [0.1, 0.15) is 37.8 Å². The first-order chi connectivity index (χ1) is 15.2. The van der Waals surface area contributed by atoms with Gasteiger partial charge in [0.15, 0.2) is 9.84 Å². The van der Waals surface area contributed by atoms with Gasteiger partial charge in [0.2, 0.25) is 11.8 Å². The largest absolute Gasteiger partial charge is 0.497 e. The van der Waals surface area contributed by atoms with E-state index < -0.39 is 21.8 Å². The zero-order chi connectivity index (χ0) is 23.5. The molecule has 9 heteroatoms. The molecule has 0 bridgehead atoms. The van der Waals surface area contributed by atoms with Gasteiger partial charge in [-0.3, -0.25) is 9.59 Å². The third-order valence-corrected chi connectivity index (χ3v) is 7.04. The van der Waals surface area contributed by atoms with Gasteiger partial charge in [-0.2, -0.15) is 0 Å². The second-order valence-electron chi connectivity index (χ2n) is 7.87. The molecule has 2 aromatic rings. The van der Waals surface area contributed by atoms with Crippen LogP contribution in [0.25, 0.3) is 0 Å². The molecule has 2 aromatic carbocycles. The van der Waals surface area contributed by atoms with E-state index in [1.165, 1.54) is 18.2 Å². The van der Waals surface area contributed by atoms with Gasteiger partial charge in [-0.1, -0.05) is 37.1 Å². The summed E-state index contributed by atoms with van der Waals surface area (Å²) in [4.78, 5) is 27.9. The number of hydrogen-bond donors (Lipinski definition) is 1. The molecule has 0 radical (unpaired) electrons. The maximum absolute atomic E-state index is 13.3. The molecule has 2 atom stereocenters. The first kappa shape index (κ1) is 24.1. The zero-order valence-electron chi connectivity index (χ0n) is 18.3. The normalized spacial score (nSPS) is 18.6. The van der Waals surface area contributed by atoms with E-state index in [-0.39, 0.29) is 33.8 Å². The summed E-state index contributed by atoms with van der Waals surface area (Å²) in [6.45, 7) is 2.60. The molecule has 1 fully saturated rings. The number of anilines is 1. The van der Waals surface area contributed by atoms with Crippen LogP contribution in [0.15, 0.2) is 47.4 Å². The lowest BCUT2D eigenvalue weighted by molar-refractivity contribution is -0.129. The number of nitrogens with zero attached hydrogens (tertiary/aromatic N) is 1. The number of halogens is 1. The van der Waals surface area contributed by atoms with Gasteiger partial charge in [-0.05, 0) is 42.3 Å². The van der Waals surface area contributed by atoms with E-state index in [9.17, 15) is 18.0 Å². The molecule has 0 aliphatic carbocycles. The Labute approximate surface area is 193 Å². The van der Waals surface area contributed by atoms with Crippen molar-refractivity contribution in [3.63, 3.8) is 0 Å². The summed E-state index contributed by atoms with van der Waals surface area (Å²) in [7, 11) is -1.89. The molecule has 1 aliphatic heterocycles. The molecule has 0 spiro atoms. The number of rotatable bonds is 8. The second-order valence-corrected chi connectivity index (χ2v) is 10.3. The number of nitrogens with one attached hydrogen (secondary N) is 1. The van der Waals surface area contributed by atoms with E-state index >= 15 is 0 Å². The van der Waals surface area contributed by atoms with Crippen LogP contribution < -0.4 is 10.1 Å². The van der Waals surface area contributed by atoms with E-state index in [0.717, 1.165) is 24.7 Å². The molecular weight excluding hydrogens is 452 g/mol. The van der Waals surface area contributed by atoms with Crippen LogP contribution in [0.3, 0.4) is 0 Å². The molecule has 0 aromatic heterocycles. The van der Waals surface area contributed by atoms with Crippen molar-refractivity contribution < 1.29 is 22.7 Å². The molecule has 2 amide bonds.